The van der Waals surface area contributed by atoms with E-state index in [2.05, 4.69) is 25.2 Å². The van der Waals surface area contributed by atoms with Gasteiger partial charge in [0.2, 0.25) is 0 Å². The Balaban J connectivity index is 1.62. The minimum atomic E-state index is -3.78. The van der Waals surface area contributed by atoms with Crippen molar-refractivity contribution < 1.29 is 8.42 Å². The SMILES string of the molecule is CC(=N)/C=N\N(C)c1ccc(CNc2ccc(S(=O)(=O)Nc3c(C)nn(C)c3C)cn2)cc1. The van der Waals surface area contributed by atoms with E-state index in [1.54, 1.807) is 43.6 Å². The van der Waals surface area contributed by atoms with Gasteiger partial charge in [-0.1, -0.05) is 12.1 Å². The third-order valence-corrected chi connectivity index (χ3v) is 6.34. The van der Waals surface area contributed by atoms with Crippen molar-refractivity contribution >= 4 is 39.1 Å². The number of nitrogens with one attached hydrogen (secondary N) is 3. The Labute approximate surface area is 193 Å². The monoisotopic (exact) mass is 468 g/mol. The van der Waals surface area contributed by atoms with Gasteiger partial charge in [0.25, 0.3) is 10.0 Å². The second-order valence-electron chi connectivity index (χ2n) is 7.63. The summed E-state index contributed by atoms with van der Waals surface area (Å²) in [7, 11) is -0.193. The van der Waals surface area contributed by atoms with Gasteiger partial charge in [-0.3, -0.25) is 14.4 Å². The van der Waals surface area contributed by atoms with E-state index in [4.69, 9.17) is 5.41 Å². The zero-order chi connectivity index (χ0) is 24.2. The molecule has 3 rings (SSSR count). The van der Waals surface area contributed by atoms with Crippen LogP contribution >= 0.6 is 0 Å². The van der Waals surface area contributed by atoms with Crippen molar-refractivity contribution in [1.82, 2.24) is 14.8 Å². The van der Waals surface area contributed by atoms with Crippen molar-refractivity contribution in [2.75, 3.05) is 22.1 Å². The highest BCUT2D eigenvalue weighted by molar-refractivity contribution is 7.92. The first-order valence-electron chi connectivity index (χ1n) is 10.2. The summed E-state index contributed by atoms with van der Waals surface area (Å²) in [5.74, 6) is 0.565. The highest BCUT2D eigenvalue weighted by Gasteiger charge is 2.19. The molecule has 11 heteroatoms. The molecule has 3 N–H and O–H groups in total. The molecule has 0 aliphatic carbocycles. The molecule has 0 atom stereocenters. The summed E-state index contributed by atoms with van der Waals surface area (Å²) in [6.07, 6.45) is 2.81. The van der Waals surface area contributed by atoms with Crippen molar-refractivity contribution in [3.05, 3.63) is 59.5 Å². The molecule has 1 aromatic carbocycles. The molecule has 0 radical (unpaired) electrons. The quantitative estimate of drug-likeness (QED) is 0.326. The molecule has 10 nitrogen and oxygen atoms in total. The standard InChI is InChI=1S/C22H28N8O2S/c1-15(23)12-26-30(5)19-8-6-18(7-9-19)13-24-21-11-10-20(14-25-21)33(31,32)28-22-16(2)27-29(4)17(22)3/h6-12,14,23,28H,13H2,1-5H3,(H,24,25)/b23-15?,26-12-. The number of hydrazone groups is 1. The Kier molecular flexibility index (Phi) is 7.12. The van der Waals surface area contributed by atoms with Crippen LogP contribution in [0.2, 0.25) is 0 Å². The largest absolute Gasteiger partial charge is 0.366 e. The zero-order valence-electron chi connectivity index (χ0n) is 19.3. The van der Waals surface area contributed by atoms with Gasteiger partial charge in [0.05, 0.1) is 29.0 Å². The predicted octanol–water partition coefficient (Wildman–Crippen LogP) is 3.31. The lowest BCUT2D eigenvalue weighted by Crippen LogP contribution is -2.14. The minimum absolute atomic E-state index is 0.0730. The molecule has 0 bridgehead atoms. The summed E-state index contributed by atoms with van der Waals surface area (Å²) < 4.78 is 29.7. The van der Waals surface area contributed by atoms with Crippen LogP contribution in [-0.4, -0.2) is 42.2 Å². The first-order chi connectivity index (χ1) is 15.6. The summed E-state index contributed by atoms with van der Waals surface area (Å²) >= 11 is 0. The van der Waals surface area contributed by atoms with Crippen molar-refractivity contribution in [3.8, 4) is 0 Å². The number of aryl methyl sites for hydroxylation is 2. The third kappa shape index (κ3) is 5.95. The Hall–Kier alpha value is -3.73. The number of anilines is 3. The topological polar surface area (TPSA) is 128 Å². The number of hydrogen-bond acceptors (Lipinski definition) is 8. The van der Waals surface area contributed by atoms with Crippen molar-refractivity contribution in [1.29, 1.82) is 5.41 Å². The molecule has 0 fully saturated rings. The summed E-state index contributed by atoms with van der Waals surface area (Å²) in [6, 6.07) is 10.9. The number of pyridine rings is 1. The normalized spacial score (nSPS) is 11.5. The number of nitrogens with zero attached hydrogens (tertiary/aromatic N) is 5. The molecule has 0 spiro atoms. The van der Waals surface area contributed by atoms with E-state index < -0.39 is 10.0 Å². The second-order valence-corrected chi connectivity index (χ2v) is 9.31. The van der Waals surface area contributed by atoms with E-state index in [9.17, 15) is 8.42 Å². The van der Waals surface area contributed by atoms with E-state index in [0.29, 0.717) is 29.5 Å². The molecule has 0 aliphatic heterocycles. The number of rotatable bonds is 9. The van der Waals surface area contributed by atoms with E-state index >= 15 is 0 Å². The average Bonchev–Trinajstić information content (AvgIpc) is 3.02. The van der Waals surface area contributed by atoms with Crippen LogP contribution < -0.4 is 15.0 Å². The summed E-state index contributed by atoms with van der Waals surface area (Å²) in [4.78, 5) is 4.31. The summed E-state index contributed by atoms with van der Waals surface area (Å²) in [6.45, 7) is 5.75. The van der Waals surface area contributed by atoms with Crippen LogP contribution in [0.15, 0.2) is 52.6 Å². The highest BCUT2D eigenvalue weighted by Crippen LogP contribution is 2.23. The molecule has 174 valence electrons. The molecule has 0 aliphatic rings. The minimum Gasteiger partial charge on any atom is -0.366 e. The van der Waals surface area contributed by atoms with Crippen molar-refractivity contribution in [3.63, 3.8) is 0 Å². The average molecular weight is 469 g/mol. The van der Waals surface area contributed by atoms with Crippen molar-refractivity contribution in [2.45, 2.75) is 32.2 Å². The fourth-order valence-electron chi connectivity index (χ4n) is 3.02. The van der Waals surface area contributed by atoms with Crippen LogP contribution in [0, 0.1) is 19.3 Å². The highest BCUT2D eigenvalue weighted by atomic mass is 32.2. The number of hydrogen-bond donors (Lipinski definition) is 3. The van der Waals surface area contributed by atoms with Gasteiger partial charge in [0.1, 0.15) is 10.7 Å². The van der Waals surface area contributed by atoms with Gasteiger partial charge < -0.3 is 10.7 Å². The van der Waals surface area contributed by atoms with Gasteiger partial charge in [-0.2, -0.15) is 10.2 Å². The number of sulfonamides is 1. The van der Waals surface area contributed by atoms with Crippen LogP contribution in [0.4, 0.5) is 17.2 Å². The Morgan fingerprint density at radius 3 is 2.45 bits per heavy atom. The van der Waals surface area contributed by atoms with Crippen LogP contribution in [0.25, 0.3) is 0 Å². The van der Waals surface area contributed by atoms with E-state index in [0.717, 1.165) is 16.9 Å². The lowest BCUT2D eigenvalue weighted by Gasteiger charge is -2.13. The first-order valence-corrected chi connectivity index (χ1v) is 11.7. The van der Waals surface area contributed by atoms with Crippen LogP contribution in [0.3, 0.4) is 0 Å². The zero-order valence-corrected chi connectivity index (χ0v) is 20.1. The summed E-state index contributed by atoms with van der Waals surface area (Å²) in [5, 5.41) is 20.7. The molecule has 0 saturated heterocycles. The maximum absolute atomic E-state index is 12.7. The molecule has 0 saturated carbocycles. The smallest absolute Gasteiger partial charge is 0.263 e. The van der Waals surface area contributed by atoms with Gasteiger partial charge in [-0.25, -0.2) is 13.4 Å². The van der Waals surface area contributed by atoms with Crippen LogP contribution in [0.1, 0.15) is 23.9 Å². The van der Waals surface area contributed by atoms with Gasteiger partial charge in [0.15, 0.2) is 0 Å². The lowest BCUT2D eigenvalue weighted by molar-refractivity contribution is 0.600. The van der Waals surface area contributed by atoms with Crippen LogP contribution in [0.5, 0.6) is 0 Å². The fraction of sp³-hybridized carbons (Fsp3) is 0.273. The molecule has 0 unspecified atom stereocenters. The Morgan fingerprint density at radius 2 is 1.91 bits per heavy atom. The number of aromatic nitrogens is 3. The molecule has 3 aromatic rings. The fourth-order valence-corrected chi connectivity index (χ4v) is 4.14. The van der Waals surface area contributed by atoms with Gasteiger partial charge in [0, 0.05) is 32.5 Å². The molecular formula is C22H28N8O2S. The number of benzene rings is 1. The maximum Gasteiger partial charge on any atom is 0.263 e. The predicted molar refractivity (Wildman–Crippen MR) is 132 cm³/mol. The molecule has 0 amide bonds. The van der Waals surface area contributed by atoms with E-state index in [1.165, 1.54) is 18.5 Å². The van der Waals surface area contributed by atoms with Crippen molar-refractivity contribution in [2.24, 2.45) is 12.1 Å². The first kappa shape index (κ1) is 23.9. The molecule has 33 heavy (non-hydrogen) atoms. The van der Waals surface area contributed by atoms with Gasteiger partial charge in [-0.05, 0) is 50.6 Å². The molecule has 2 aromatic heterocycles. The van der Waals surface area contributed by atoms with Gasteiger partial charge in [-0.15, -0.1) is 0 Å². The Bertz CT molecular complexity index is 1260. The van der Waals surface area contributed by atoms with Crippen LogP contribution in [-0.2, 0) is 23.6 Å². The van der Waals surface area contributed by atoms with Gasteiger partial charge >= 0.3 is 0 Å². The Morgan fingerprint density at radius 1 is 1.21 bits per heavy atom. The summed E-state index contributed by atoms with van der Waals surface area (Å²) in [5.41, 5.74) is 4.13. The molecule has 2 heterocycles. The molecular weight excluding hydrogens is 440 g/mol. The maximum atomic E-state index is 12.7. The third-order valence-electron chi connectivity index (χ3n) is 5.00. The second kappa shape index (κ2) is 9.82. The lowest BCUT2D eigenvalue weighted by atomic mass is 10.2. The van der Waals surface area contributed by atoms with E-state index in [-0.39, 0.29) is 4.90 Å². The van der Waals surface area contributed by atoms with E-state index in [1.807, 2.05) is 31.3 Å².